The fraction of sp³-hybridized carbons (Fsp3) is 0.500. The zero-order valence-electron chi connectivity index (χ0n) is 10.8. The van der Waals surface area contributed by atoms with Gasteiger partial charge in [0.15, 0.2) is 0 Å². The first kappa shape index (κ1) is 14.3. The minimum Gasteiger partial charge on any atom is -0.538 e. The van der Waals surface area contributed by atoms with Crippen LogP contribution in [0.5, 0.6) is 0 Å². The van der Waals surface area contributed by atoms with Crippen LogP contribution in [0, 0.1) is 0 Å². The lowest BCUT2D eigenvalue weighted by Crippen LogP contribution is -2.53. The Bertz CT molecular complexity index is 354. The van der Waals surface area contributed by atoms with Crippen molar-refractivity contribution in [3.8, 4) is 0 Å². The van der Waals surface area contributed by atoms with Gasteiger partial charge in [0.25, 0.3) is 0 Å². The topological polar surface area (TPSA) is 38.7 Å². The van der Waals surface area contributed by atoms with Crippen molar-refractivity contribution < 1.29 is 14.4 Å². The Balaban J connectivity index is 2.85. The normalized spacial score (nSPS) is 12.3. The summed E-state index contributed by atoms with van der Waals surface area (Å²) in [5.41, 5.74) is -1.70. The summed E-state index contributed by atoms with van der Waals surface area (Å²) in [7, 11) is -0.533. The van der Waals surface area contributed by atoms with Gasteiger partial charge < -0.3 is 14.4 Å². The Hall–Kier alpha value is -0.775. The van der Waals surface area contributed by atoms with Crippen LogP contribution in [0.2, 0.25) is 0 Å². The molecule has 0 atom stereocenters. The van der Waals surface area contributed by atoms with Crippen LogP contribution in [0.1, 0.15) is 27.7 Å². The van der Waals surface area contributed by atoms with Crippen molar-refractivity contribution in [2.45, 2.75) is 38.9 Å². The lowest BCUT2D eigenvalue weighted by Gasteiger charge is -2.38. The maximum Gasteiger partial charge on any atom is 0.573 e. The van der Waals surface area contributed by atoms with Crippen molar-refractivity contribution in [3.63, 3.8) is 0 Å². The molecule has 0 amide bonds. The molecule has 94 valence electrons. The number of aliphatic hydroxyl groups is 1. The summed E-state index contributed by atoms with van der Waals surface area (Å²) >= 11 is 1.54. The van der Waals surface area contributed by atoms with Crippen LogP contribution in [0.4, 0.5) is 0 Å². The van der Waals surface area contributed by atoms with E-state index in [0.29, 0.717) is 0 Å². The van der Waals surface area contributed by atoms with E-state index < -0.39 is 18.3 Å². The van der Waals surface area contributed by atoms with Gasteiger partial charge in [-0.2, -0.15) is 11.3 Å². The third-order valence-corrected chi connectivity index (χ3v) is 3.76. The van der Waals surface area contributed by atoms with E-state index in [-0.39, 0.29) is 0 Å². The SMILES string of the molecule is C=COB(OC(C)(C)C(C)(C)O)c1cccs1. The lowest BCUT2D eigenvalue weighted by atomic mass is 9.81. The van der Waals surface area contributed by atoms with Crippen LogP contribution in [0.15, 0.2) is 30.4 Å². The summed E-state index contributed by atoms with van der Waals surface area (Å²) in [4.78, 5) is 0. The van der Waals surface area contributed by atoms with Crippen LogP contribution in [0.3, 0.4) is 0 Å². The molecule has 0 unspecified atom stereocenters. The lowest BCUT2D eigenvalue weighted by molar-refractivity contribution is -0.0985. The van der Waals surface area contributed by atoms with Crippen molar-refractivity contribution in [2.24, 2.45) is 0 Å². The third kappa shape index (κ3) is 3.59. The molecule has 0 spiro atoms. The molecule has 0 saturated carbocycles. The highest BCUT2D eigenvalue weighted by Gasteiger charge is 2.41. The molecule has 0 fully saturated rings. The molecule has 0 aliphatic carbocycles. The largest absolute Gasteiger partial charge is 0.573 e. The smallest absolute Gasteiger partial charge is 0.538 e. The first-order valence-electron chi connectivity index (χ1n) is 5.48. The molecule has 0 saturated heterocycles. The van der Waals surface area contributed by atoms with Crippen molar-refractivity contribution in [1.82, 2.24) is 0 Å². The first-order chi connectivity index (χ1) is 7.78. The van der Waals surface area contributed by atoms with Crippen LogP contribution in [-0.2, 0) is 9.31 Å². The van der Waals surface area contributed by atoms with E-state index in [1.165, 1.54) is 6.26 Å². The van der Waals surface area contributed by atoms with Crippen molar-refractivity contribution in [2.75, 3.05) is 0 Å². The maximum absolute atomic E-state index is 10.1. The van der Waals surface area contributed by atoms with Crippen molar-refractivity contribution in [3.05, 3.63) is 30.4 Å². The zero-order chi connectivity index (χ0) is 13.1. The minimum atomic E-state index is -0.965. The summed E-state index contributed by atoms with van der Waals surface area (Å²) in [5, 5.41) is 12.0. The summed E-state index contributed by atoms with van der Waals surface area (Å²) in [6.07, 6.45) is 1.35. The Morgan fingerprint density at radius 2 is 2.06 bits per heavy atom. The van der Waals surface area contributed by atoms with E-state index in [2.05, 4.69) is 6.58 Å². The quantitative estimate of drug-likeness (QED) is 0.624. The molecule has 1 rings (SSSR count). The molecule has 5 heteroatoms. The van der Waals surface area contributed by atoms with Crippen molar-refractivity contribution in [1.29, 1.82) is 0 Å². The van der Waals surface area contributed by atoms with Crippen LogP contribution in [0.25, 0.3) is 0 Å². The second-order valence-corrected chi connectivity index (χ2v) is 5.82. The molecule has 17 heavy (non-hydrogen) atoms. The van der Waals surface area contributed by atoms with Gasteiger partial charge in [-0.25, -0.2) is 0 Å². The van der Waals surface area contributed by atoms with Crippen LogP contribution in [-0.4, -0.2) is 23.4 Å². The van der Waals surface area contributed by atoms with E-state index in [9.17, 15) is 5.11 Å². The summed E-state index contributed by atoms with van der Waals surface area (Å²) < 4.78 is 12.2. The van der Waals surface area contributed by atoms with Gasteiger partial charge in [0.2, 0.25) is 0 Å². The molecule has 0 radical (unpaired) electrons. The predicted octanol–water partition coefficient (Wildman–Crippen LogP) is 2.17. The Kier molecular flexibility index (Phi) is 4.41. The highest BCUT2D eigenvalue weighted by molar-refractivity contribution is 7.20. The van der Waals surface area contributed by atoms with Gasteiger partial charge in [-0.05, 0) is 33.1 Å². The molecule has 3 nitrogen and oxygen atoms in total. The van der Waals surface area contributed by atoms with E-state index in [1.54, 1.807) is 25.2 Å². The van der Waals surface area contributed by atoms with Gasteiger partial charge in [-0.3, -0.25) is 0 Å². The molecule has 1 N–H and O–H groups in total. The van der Waals surface area contributed by atoms with Gasteiger partial charge in [0.05, 0.1) is 17.5 Å². The van der Waals surface area contributed by atoms with E-state index >= 15 is 0 Å². The van der Waals surface area contributed by atoms with E-state index in [0.717, 1.165) is 4.78 Å². The van der Waals surface area contributed by atoms with Gasteiger partial charge in [-0.15, -0.1) is 0 Å². The molecular formula is C12H19BO3S. The number of hydrogen-bond donors (Lipinski definition) is 1. The predicted molar refractivity (Wildman–Crippen MR) is 72.5 cm³/mol. The van der Waals surface area contributed by atoms with Gasteiger partial charge in [-0.1, -0.05) is 18.7 Å². The second-order valence-electron chi connectivity index (χ2n) is 4.84. The second kappa shape index (κ2) is 5.25. The molecule has 0 aliphatic rings. The monoisotopic (exact) mass is 254 g/mol. The Morgan fingerprint density at radius 1 is 1.41 bits per heavy atom. The van der Waals surface area contributed by atoms with E-state index in [1.807, 2.05) is 31.4 Å². The zero-order valence-corrected chi connectivity index (χ0v) is 11.6. The number of rotatable bonds is 6. The Morgan fingerprint density at radius 3 is 2.47 bits per heavy atom. The average Bonchev–Trinajstić information content (AvgIpc) is 2.67. The molecule has 0 aliphatic heterocycles. The van der Waals surface area contributed by atoms with Gasteiger partial charge >= 0.3 is 7.12 Å². The van der Waals surface area contributed by atoms with E-state index in [4.69, 9.17) is 9.31 Å². The first-order valence-corrected chi connectivity index (χ1v) is 6.36. The molecule has 0 aromatic carbocycles. The number of thiophene rings is 1. The summed E-state index contributed by atoms with van der Waals surface area (Å²) in [6.45, 7) is 10.6. The fourth-order valence-electron chi connectivity index (χ4n) is 1.08. The van der Waals surface area contributed by atoms with Crippen LogP contribution >= 0.6 is 11.3 Å². The van der Waals surface area contributed by atoms with Gasteiger partial charge in [0, 0.05) is 4.78 Å². The minimum absolute atomic E-state index is 0.533. The summed E-state index contributed by atoms with van der Waals surface area (Å²) in [5.74, 6) is 0. The molecule has 0 bridgehead atoms. The summed E-state index contributed by atoms with van der Waals surface area (Å²) in [6, 6.07) is 3.86. The fourth-order valence-corrected chi connectivity index (χ4v) is 1.76. The van der Waals surface area contributed by atoms with Crippen molar-refractivity contribution >= 4 is 23.2 Å². The average molecular weight is 254 g/mol. The van der Waals surface area contributed by atoms with Crippen LogP contribution < -0.4 is 4.78 Å². The molecular weight excluding hydrogens is 235 g/mol. The standard InChI is InChI=1S/C12H19BO3S/c1-6-15-13(10-8-7-9-17-10)16-12(4,5)11(2,3)14/h6-9,14H,1H2,2-5H3. The maximum atomic E-state index is 10.1. The highest BCUT2D eigenvalue weighted by atomic mass is 32.1. The van der Waals surface area contributed by atoms with Gasteiger partial charge in [0.1, 0.15) is 0 Å². The molecule has 1 aromatic heterocycles. The number of hydrogen-bond acceptors (Lipinski definition) is 4. The Labute approximate surface area is 107 Å². The third-order valence-electron chi connectivity index (χ3n) is 2.87. The highest BCUT2D eigenvalue weighted by Crippen LogP contribution is 2.26. The molecule has 1 aromatic rings. The molecule has 1 heterocycles.